The Bertz CT molecular complexity index is 391. The zero-order valence-corrected chi connectivity index (χ0v) is 10.5. The third-order valence-corrected chi connectivity index (χ3v) is 2.65. The zero-order valence-electron chi connectivity index (χ0n) is 9.76. The van der Waals surface area contributed by atoms with Gasteiger partial charge in [0.1, 0.15) is 5.75 Å². The van der Waals surface area contributed by atoms with Gasteiger partial charge < -0.3 is 10.1 Å². The number of aryl methyl sites for hydroxylation is 2. The van der Waals surface area contributed by atoms with Crippen molar-refractivity contribution >= 4 is 17.0 Å². The Hall–Kier alpha value is -1.22. The second kappa shape index (κ2) is 5.75. The van der Waals surface area contributed by atoms with Crippen LogP contribution in [-0.2, 0) is 6.42 Å². The van der Waals surface area contributed by atoms with Crippen LogP contribution >= 0.6 is 11.6 Å². The van der Waals surface area contributed by atoms with Gasteiger partial charge in [0.25, 0.3) is 0 Å². The van der Waals surface area contributed by atoms with E-state index in [1.165, 1.54) is 5.56 Å². The average molecular weight is 242 g/mol. The van der Waals surface area contributed by atoms with E-state index in [1.807, 2.05) is 19.9 Å². The number of hydrogen-bond acceptors (Lipinski definition) is 2. The summed E-state index contributed by atoms with van der Waals surface area (Å²) in [6, 6.07) is 4.09. The fourth-order valence-corrected chi connectivity index (χ4v) is 1.73. The molecule has 0 unspecified atom stereocenters. The Balaban J connectivity index is 2.73. The molecule has 4 heteroatoms. The van der Waals surface area contributed by atoms with Crippen molar-refractivity contribution < 1.29 is 9.53 Å². The van der Waals surface area contributed by atoms with E-state index in [0.29, 0.717) is 6.54 Å². The van der Waals surface area contributed by atoms with E-state index < -0.39 is 5.37 Å². The van der Waals surface area contributed by atoms with Crippen molar-refractivity contribution in [2.45, 2.75) is 20.3 Å². The molecule has 1 amide bonds. The van der Waals surface area contributed by atoms with Crippen LogP contribution < -0.4 is 10.1 Å². The van der Waals surface area contributed by atoms with Gasteiger partial charge in [-0.15, -0.1) is 0 Å². The Morgan fingerprint density at radius 2 is 2.06 bits per heavy atom. The Labute approximate surface area is 101 Å². The van der Waals surface area contributed by atoms with Crippen molar-refractivity contribution in [3.63, 3.8) is 0 Å². The number of halogens is 1. The number of benzene rings is 1. The third kappa shape index (κ3) is 3.42. The highest BCUT2D eigenvalue weighted by atomic mass is 35.5. The first-order valence-electron chi connectivity index (χ1n) is 5.12. The predicted molar refractivity (Wildman–Crippen MR) is 65.4 cm³/mol. The lowest BCUT2D eigenvalue weighted by Gasteiger charge is -2.11. The highest BCUT2D eigenvalue weighted by Gasteiger charge is 2.05. The van der Waals surface area contributed by atoms with E-state index in [0.717, 1.165) is 23.3 Å². The van der Waals surface area contributed by atoms with Gasteiger partial charge in [-0.1, -0.05) is 6.07 Å². The van der Waals surface area contributed by atoms with Crippen molar-refractivity contribution in [2.75, 3.05) is 13.7 Å². The first-order chi connectivity index (χ1) is 7.54. The normalized spacial score (nSPS) is 10.0. The smallest absolute Gasteiger partial charge is 0.313 e. The number of nitrogens with one attached hydrogen (secondary N) is 1. The molecule has 0 saturated carbocycles. The summed E-state index contributed by atoms with van der Waals surface area (Å²) in [6.45, 7) is 4.58. The summed E-state index contributed by atoms with van der Waals surface area (Å²) in [6.07, 6.45) is 0.773. The Morgan fingerprint density at radius 1 is 1.38 bits per heavy atom. The summed E-state index contributed by atoms with van der Waals surface area (Å²) in [5.41, 5.74) is 3.45. The molecule has 0 aliphatic heterocycles. The molecule has 0 fully saturated rings. The second-order valence-corrected chi connectivity index (χ2v) is 4.04. The van der Waals surface area contributed by atoms with Crippen LogP contribution in [0.5, 0.6) is 5.75 Å². The molecule has 0 heterocycles. The van der Waals surface area contributed by atoms with Gasteiger partial charge in [-0.25, -0.2) is 0 Å². The summed E-state index contributed by atoms with van der Waals surface area (Å²) >= 11 is 5.19. The summed E-state index contributed by atoms with van der Waals surface area (Å²) in [4.78, 5) is 10.5. The van der Waals surface area contributed by atoms with E-state index >= 15 is 0 Å². The first-order valence-corrected chi connectivity index (χ1v) is 5.50. The molecule has 0 aromatic heterocycles. The molecule has 0 aliphatic rings. The predicted octanol–water partition coefficient (Wildman–Crippen LogP) is 2.80. The maximum Gasteiger partial charge on any atom is 0.313 e. The number of carbonyl (C=O) groups excluding carboxylic acids is 1. The van der Waals surface area contributed by atoms with Gasteiger partial charge in [-0.2, -0.15) is 0 Å². The van der Waals surface area contributed by atoms with Gasteiger partial charge in [0.2, 0.25) is 0 Å². The summed E-state index contributed by atoms with van der Waals surface area (Å²) in [5, 5.41) is 2.05. The minimum atomic E-state index is -0.511. The van der Waals surface area contributed by atoms with Crippen LogP contribution in [0.1, 0.15) is 16.7 Å². The van der Waals surface area contributed by atoms with Crippen LogP contribution in [0.25, 0.3) is 0 Å². The summed E-state index contributed by atoms with van der Waals surface area (Å²) < 4.78 is 5.23. The molecule has 0 saturated heterocycles. The topological polar surface area (TPSA) is 38.3 Å². The van der Waals surface area contributed by atoms with Crippen molar-refractivity contribution in [2.24, 2.45) is 0 Å². The van der Waals surface area contributed by atoms with Crippen molar-refractivity contribution in [3.05, 3.63) is 28.8 Å². The lowest BCUT2D eigenvalue weighted by Crippen LogP contribution is -2.19. The fourth-order valence-electron chi connectivity index (χ4n) is 1.63. The maximum atomic E-state index is 10.5. The molecule has 0 spiro atoms. The largest absolute Gasteiger partial charge is 0.496 e. The van der Waals surface area contributed by atoms with E-state index in [9.17, 15) is 4.79 Å². The van der Waals surface area contributed by atoms with Crippen molar-refractivity contribution in [1.82, 2.24) is 5.32 Å². The van der Waals surface area contributed by atoms with Crippen molar-refractivity contribution in [1.29, 1.82) is 0 Å². The lowest BCUT2D eigenvalue weighted by molar-refractivity contribution is 0.260. The summed E-state index contributed by atoms with van der Waals surface area (Å²) in [7, 11) is 1.66. The third-order valence-electron chi connectivity index (χ3n) is 2.51. The quantitative estimate of drug-likeness (QED) is 0.650. The number of amides is 1. The standard InChI is InChI=1S/C12H16ClNO2/c1-8-7-11(16-3)9(2)6-10(8)4-5-14-12(13)15/h6-7H,4-5H2,1-3H3,(H,14,15). The number of methoxy groups -OCH3 is 1. The number of hydrogen-bond donors (Lipinski definition) is 1. The first kappa shape index (κ1) is 12.8. The van der Waals surface area contributed by atoms with Crippen LogP contribution in [0.2, 0.25) is 0 Å². The molecule has 3 nitrogen and oxygen atoms in total. The molecule has 1 aromatic carbocycles. The molecule has 0 atom stereocenters. The minimum absolute atomic E-state index is 0.511. The van der Waals surface area contributed by atoms with Gasteiger partial charge in [-0.05, 0) is 54.6 Å². The molecule has 0 radical (unpaired) electrons. The molecule has 88 valence electrons. The fraction of sp³-hybridized carbons (Fsp3) is 0.417. The van der Waals surface area contributed by atoms with Crippen LogP contribution in [-0.4, -0.2) is 19.0 Å². The second-order valence-electron chi connectivity index (χ2n) is 3.70. The molecule has 0 aliphatic carbocycles. The van der Waals surface area contributed by atoms with Crippen LogP contribution in [0.3, 0.4) is 0 Å². The highest BCUT2D eigenvalue weighted by Crippen LogP contribution is 2.22. The van der Waals surface area contributed by atoms with E-state index in [4.69, 9.17) is 16.3 Å². The molecular formula is C12H16ClNO2. The monoisotopic (exact) mass is 241 g/mol. The maximum absolute atomic E-state index is 10.5. The summed E-state index contributed by atoms with van der Waals surface area (Å²) in [5.74, 6) is 0.891. The van der Waals surface area contributed by atoms with Gasteiger partial charge >= 0.3 is 5.37 Å². The van der Waals surface area contributed by atoms with Gasteiger partial charge in [-0.3, -0.25) is 4.79 Å². The van der Waals surface area contributed by atoms with Gasteiger partial charge in [0, 0.05) is 6.54 Å². The van der Waals surface area contributed by atoms with Gasteiger partial charge in [0.05, 0.1) is 7.11 Å². The van der Waals surface area contributed by atoms with Crippen LogP contribution in [0, 0.1) is 13.8 Å². The Morgan fingerprint density at radius 3 is 2.62 bits per heavy atom. The average Bonchev–Trinajstić information content (AvgIpc) is 2.22. The molecule has 0 bridgehead atoms. The van der Waals surface area contributed by atoms with E-state index in [2.05, 4.69) is 11.4 Å². The van der Waals surface area contributed by atoms with Gasteiger partial charge in [0.15, 0.2) is 0 Å². The lowest BCUT2D eigenvalue weighted by atomic mass is 10.0. The SMILES string of the molecule is COc1cc(C)c(CCNC(=O)Cl)cc1C. The number of rotatable bonds is 4. The van der Waals surface area contributed by atoms with Crippen molar-refractivity contribution in [3.8, 4) is 5.75 Å². The number of carbonyl (C=O) groups is 1. The minimum Gasteiger partial charge on any atom is -0.496 e. The number of ether oxygens (including phenoxy) is 1. The molecule has 1 rings (SSSR count). The van der Waals surface area contributed by atoms with E-state index in [1.54, 1.807) is 7.11 Å². The zero-order chi connectivity index (χ0) is 12.1. The van der Waals surface area contributed by atoms with E-state index in [-0.39, 0.29) is 0 Å². The Kier molecular flexibility index (Phi) is 4.62. The molecule has 1 aromatic rings. The molecule has 1 N–H and O–H groups in total. The molecular weight excluding hydrogens is 226 g/mol. The highest BCUT2D eigenvalue weighted by molar-refractivity contribution is 6.62. The van der Waals surface area contributed by atoms with Crippen LogP contribution in [0.4, 0.5) is 4.79 Å². The van der Waals surface area contributed by atoms with Crippen LogP contribution in [0.15, 0.2) is 12.1 Å². The molecule has 16 heavy (non-hydrogen) atoms.